The number of fused-ring (bicyclic) bond motifs is 1. The Hall–Kier alpha value is -1.41. The maximum Gasteiger partial charge on any atom is 0.250 e. The number of aromatic nitrogens is 2. The lowest BCUT2D eigenvalue weighted by Crippen LogP contribution is -1.91. The monoisotopic (exact) mass is 370 g/mol. The van der Waals surface area contributed by atoms with Gasteiger partial charge in [-0.05, 0) is 46.9 Å². The molecule has 0 atom stereocenters. The third-order valence-electron chi connectivity index (χ3n) is 2.41. The molecule has 0 fully saturated rings. The number of benzene rings is 1. The summed E-state index contributed by atoms with van der Waals surface area (Å²) >= 11 is 3.68. The van der Waals surface area contributed by atoms with Crippen molar-refractivity contribution in [3.05, 3.63) is 45.1 Å². The first-order valence-electron chi connectivity index (χ1n) is 5.12. The fourth-order valence-electron chi connectivity index (χ4n) is 1.58. The van der Waals surface area contributed by atoms with Gasteiger partial charge in [0, 0.05) is 15.1 Å². The van der Waals surface area contributed by atoms with Crippen LogP contribution in [0, 0.1) is 3.57 Å². The highest BCUT2D eigenvalue weighted by Crippen LogP contribution is 2.27. The molecule has 0 radical (unpaired) electrons. The zero-order valence-corrected chi connectivity index (χ0v) is 12.0. The summed E-state index contributed by atoms with van der Waals surface area (Å²) < 4.78 is 8.49. The van der Waals surface area contributed by atoms with E-state index in [1.807, 2.05) is 29.6 Å². The van der Waals surface area contributed by atoms with E-state index in [2.05, 4.69) is 27.6 Å². The first-order valence-corrected chi connectivity index (χ1v) is 7.08. The van der Waals surface area contributed by atoms with Crippen LogP contribution in [-0.2, 0) is 0 Å². The lowest BCUT2D eigenvalue weighted by Gasteiger charge is -2.02. The van der Waals surface area contributed by atoms with E-state index in [1.165, 1.54) is 11.3 Å². The predicted octanol–water partition coefficient (Wildman–Crippen LogP) is 3.61. The molecule has 0 unspecified atom stereocenters. The number of ether oxygens (including phenoxy) is 1. The zero-order valence-electron chi connectivity index (χ0n) is 9.04. The molecule has 0 bridgehead atoms. The standard InChI is InChI=1S/C12H7IN2O2S/c13-8-1-3-9(4-2-8)17-11-10(7-16)15-5-6-18-12(15)14-11/h1-7H. The summed E-state index contributed by atoms with van der Waals surface area (Å²) in [4.78, 5) is 16.1. The molecule has 0 aliphatic carbocycles. The summed E-state index contributed by atoms with van der Waals surface area (Å²) in [6, 6.07) is 7.58. The molecular weight excluding hydrogens is 363 g/mol. The maximum absolute atomic E-state index is 11.1. The van der Waals surface area contributed by atoms with Crippen molar-refractivity contribution in [2.24, 2.45) is 0 Å². The summed E-state index contributed by atoms with van der Waals surface area (Å²) in [7, 11) is 0. The molecule has 0 spiro atoms. The smallest absolute Gasteiger partial charge is 0.250 e. The van der Waals surface area contributed by atoms with Gasteiger partial charge in [-0.1, -0.05) is 0 Å². The minimum atomic E-state index is 0.345. The average Bonchev–Trinajstić information content (AvgIpc) is 2.92. The molecule has 90 valence electrons. The fourth-order valence-corrected chi connectivity index (χ4v) is 2.65. The van der Waals surface area contributed by atoms with Gasteiger partial charge in [0.15, 0.2) is 16.9 Å². The Kier molecular flexibility index (Phi) is 3.04. The SMILES string of the molecule is O=Cc1c(Oc2ccc(I)cc2)nc2sccn12. The number of hydrogen-bond donors (Lipinski definition) is 0. The maximum atomic E-state index is 11.1. The van der Waals surface area contributed by atoms with Gasteiger partial charge in [0.1, 0.15) is 5.75 Å². The van der Waals surface area contributed by atoms with E-state index in [4.69, 9.17) is 4.74 Å². The number of carbonyl (C=O) groups excluding carboxylic acids is 1. The molecule has 4 nitrogen and oxygen atoms in total. The molecule has 2 aromatic heterocycles. The molecule has 0 N–H and O–H groups in total. The van der Waals surface area contributed by atoms with Crippen molar-refractivity contribution in [1.82, 2.24) is 9.38 Å². The highest BCUT2D eigenvalue weighted by molar-refractivity contribution is 14.1. The minimum absolute atomic E-state index is 0.345. The van der Waals surface area contributed by atoms with E-state index in [9.17, 15) is 4.79 Å². The number of halogens is 1. The van der Waals surface area contributed by atoms with Gasteiger partial charge < -0.3 is 4.74 Å². The van der Waals surface area contributed by atoms with Crippen LogP contribution in [0.3, 0.4) is 0 Å². The minimum Gasteiger partial charge on any atom is -0.437 e. The summed E-state index contributed by atoms with van der Waals surface area (Å²) in [6.07, 6.45) is 2.56. The molecule has 0 amide bonds. The molecule has 1 aromatic carbocycles. The second kappa shape index (κ2) is 4.69. The second-order valence-electron chi connectivity index (χ2n) is 3.53. The summed E-state index contributed by atoms with van der Waals surface area (Å²) in [5.74, 6) is 1.02. The molecule has 18 heavy (non-hydrogen) atoms. The molecular formula is C12H7IN2O2S. The molecule has 0 saturated heterocycles. The van der Waals surface area contributed by atoms with Gasteiger partial charge in [-0.25, -0.2) is 0 Å². The number of nitrogens with zero attached hydrogens (tertiary/aromatic N) is 2. The van der Waals surface area contributed by atoms with E-state index < -0.39 is 0 Å². The molecule has 0 aliphatic rings. The first-order chi connectivity index (χ1) is 8.78. The third-order valence-corrected chi connectivity index (χ3v) is 3.88. The van der Waals surface area contributed by atoms with E-state index in [0.29, 0.717) is 17.3 Å². The number of carbonyl (C=O) groups is 1. The summed E-state index contributed by atoms with van der Waals surface area (Å²) in [6.45, 7) is 0. The van der Waals surface area contributed by atoms with Crippen molar-refractivity contribution in [3.63, 3.8) is 0 Å². The van der Waals surface area contributed by atoms with Crippen LogP contribution in [0.4, 0.5) is 0 Å². The van der Waals surface area contributed by atoms with Gasteiger partial charge in [0.25, 0.3) is 0 Å². The largest absolute Gasteiger partial charge is 0.437 e. The van der Waals surface area contributed by atoms with Crippen LogP contribution >= 0.6 is 33.9 Å². The lowest BCUT2D eigenvalue weighted by atomic mass is 10.3. The Balaban J connectivity index is 2.01. The van der Waals surface area contributed by atoms with Crippen molar-refractivity contribution in [1.29, 1.82) is 0 Å². The lowest BCUT2D eigenvalue weighted by molar-refractivity contribution is 0.111. The van der Waals surface area contributed by atoms with Crippen LogP contribution in [0.1, 0.15) is 10.5 Å². The van der Waals surface area contributed by atoms with E-state index in [-0.39, 0.29) is 0 Å². The Bertz CT molecular complexity index is 703. The summed E-state index contributed by atoms with van der Waals surface area (Å²) in [5.41, 5.74) is 0.435. The average molecular weight is 370 g/mol. The molecule has 0 saturated carbocycles. The number of hydrogen-bond acceptors (Lipinski definition) is 4. The van der Waals surface area contributed by atoms with Crippen LogP contribution < -0.4 is 4.74 Å². The van der Waals surface area contributed by atoms with E-state index in [1.54, 1.807) is 10.6 Å². The molecule has 0 aliphatic heterocycles. The van der Waals surface area contributed by atoms with Crippen molar-refractivity contribution >= 4 is 45.2 Å². The fraction of sp³-hybridized carbons (Fsp3) is 0. The van der Waals surface area contributed by atoms with Gasteiger partial charge in [-0.2, -0.15) is 4.98 Å². The number of aldehydes is 1. The van der Waals surface area contributed by atoms with Crippen molar-refractivity contribution in [3.8, 4) is 11.6 Å². The quantitative estimate of drug-likeness (QED) is 0.523. The summed E-state index contributed by atoms with van der Waals surface area (Å²) in [5, 5.41) is 1.88. The molecule has 3 rings (SSSR count). The van der Waals surface area contributed by atoms with E-state index in [0.717, 1.165) is 14.8 Å². The highest BCUT2D eigenvalue weighted by Gasteiger charge is 2.14. The van der Waals surface area contributed by atoms with Crippen LogP contribution in [0.2, 0.25) is 0 Å². The molecule has 6 heteroatoms. The number of imidazole rings is 1. The van der Waals surface area contributed by atoms with Crippen molar-refractivity contribution < 1.29 is 9.53 Å². The Labute approximate surface area is 120 Å². The van der Waals surface area contributed by atoms with Gasteiger partial charge in [-0.3, -0.25) is 9.20 Å². The second-order valence-corrected chi connectivity index (χ2v) is 5.65. The van der Waals surface area contributed by atoms with Gasteiger partial charge in [-0.15, -0.1) is 11.3 Å². The Morgan fingerprint density at radius 1 is 1.33 bits per heavy atom. The molecule has 3 aromatic rings. The van der Waals surface area contributed by atoms with Crippen molar-refractivity contribution in [2.75, 3.05) is 0 Å². The predicted molar refractivity (Wildman–Crippen MR) is 77.7 cm³/mol. The van der Waals surface area contributed by atoms with Crippen LogP contribution in [-0.4, -0.2) is 15.7 Å². The van der Waals surface area contributed by atoms with Gasteiger partial charge in [0.05, 0.1) is 0 Å². The number of thiazole rings is 1. The van der Waals surface area contributed by atoms with Gasteiger partial charge >= 0.3 is 0 Å². The normalized spacial score (nSPS) is 10.7. The van der Waals surface area contributed by atoms with Gasteiger partial charge in [0.2, 0.25) is 5.88 Å². The van der Waals surface area contributed by atoms with Crippen LogP contribution in [0.15, 0.2) is 35.8 Å². The number of rotatable bonds is 3. The first kappa shape index (κ1) is 11.7. The van der Waals surface area contributed by atoms with Crippen LogP contribution in [0.5, 0.6) is 11.6 Å². The zero-order chi connectivity index (χ0) is 12.5. The third kappa shape index (κ3) is 2.01. The molecule has 2 heterocycles. The van der Waals surface area contributed by atoms with Crippen LogP contribution in [0.25, 0.3) is 4.96 Å². The Morgan fingerprint density at radius 3 is 2.83 bits per heavy atom. The topological polar surface area (TPSA) is 43.6 Å². The van der Waals surface area contributed by atoms with E-state index >= 15 is 0 Å². The Morgan fingerprint density at radius 2 is 2.11 bits per heavy atom. The highest BCUT2D eigenvalue weighted by atomic mass is 127. The van der Waals surface area contributed by atoms with Crippen molar-refractivity contribution in [2.45, 2.75) is 0 Å².